The van der Waals surface area contributed by atoms with Crippen molar-refractivity contribution in [2.45, 2.75) is 83.3 Å². The van der Waals surface area contributed by atoms with Gasteiger partial charge in [-0.25, -0.2) is 0 Å². The molecule has 2 unspecified atom stereocenters. The van der Waals surface area contributed by atoms with Crippen LogP contribution in [0.5, 0.6) is 0 Å². The normalized spacial score (nSPS) is 26.9. The molecule has 3 heteroatoms. The third-order valence-corrected chi connectivity index (χ3v) is 5.34. The molecule has 0 aromatic heterocycles. The van der Waals surface area contributed by atoms with Crippen molar-refractivity contribution in [2.24, 2.45) is 5.92 Å². The standard InChI is InChI=1S/C18H35NO2/c1-3-5-6-7-8-17(19-4-2)16-9-12-21-18(15-16)10-13-20-14-11-18/h16-17,19H,3-15H2,1-2H3. The van der Waals surface area contributed by atoms with E-state index in [-0.39, 0.29) is 5.60 Å². The zero-order valence-corrected chi connectivity index (χ0v) is 14.2. The van der Waals surface area contributed by atoms with Gasteiger partial charge in [-0.05, 0) is 44.6 Å². The van der Waals surface area contributed by atoms with Crippen LogP contribution in [0.4, 0.5) is 0 Å². The first-order valence-corrected chi connectivity index (χ1v) is 9.25. The highest BCUT2D eigenvalue weighted by atomic mass is 16.5. The average molecular weight is 297 g/mol. The van der Waals surface area contributed by atoms with E-state index in [1.54, 1.807) is 0 Å². The maximum absolute atomic E-state index is 6.20. The fourth-order valence-electron chi connectivity index (χ4n) is 4.06. The van der Waals surface area contributed by atoms with Crippen LogP contribution in [-0.4, -0.2) is 38.0 Å². The van der Waals surface area contributed by atoms with E-state index in [1.807, 2.05) is 0 Å². The Morgan fingerprint density at radius 2 is 1.90 bits per heavy atom. The molecule has 2 aliphatic heterocycles. The highest BCUT2D eigenvalue weighted by molar-refractivity contribution is 4.92. The number of hydrogen-bond acceptors (Lipinski definition) is 3. The lowest BCUT2D eigenvalue weighted by Crippen LogP contribution is -2.49. The number of unbranched alkanes of at least 4 members (excludes halogenated alkanes) is 3. The molecule has 21 heavy (non-hydrogen) atoms. The Morgan fingerprint density at radius 3 is 2.62 bits per heavy atom. The van der Waals surface area contributed by atoms with E-state index < -0.39 is 0 Å². The molecular formula is C18H35NO2. The molecule has 0 bridgehead atoms. The van der Waals surface area contributed by atoms with Crippen LogP contribution in [-0.2, 0) is 9.47 Å². The Balaban J connectivity index is 1.85. The predicted molar refractivity (Wildman–Crippen MR) is 87.7 cm³/mol. The van der Waals surface area contributed by atoms with Gasteiger partial charge < -0.3 is 14.8 Å². The van der Waals surface area contributed by atoms with Crippen molar-refractivity contribution < 1.29 is 9.47 Å². The summed E-state index contributed by atoms with van der Waals surface area (Å²) in [6.07, 6.45) is 11.5. The zero-order valence-electron chi connectivity index (χ0n) is 14.2. The summed E-state index contributed by atoms with van der Waals surface area (Å²) in [4.78, 5) is 0. The summed E-state index contributed by atoms with van der Waals surface area (Å²) in [5.74, 6) is 0.790. The van der Waals surface area contributed by atoms with Crippen molar-refractivity contribution in [1.29, 1.82) is 0 Å². The zero-order chi connectivity index (χ0) is 15.0. The average Bonchev–Trinajstić information content (AvgIpc) is 2.51. The second-order valence-electron chi connectivity index (χ2n) is 6.91. The fourth-order valence-corrected chi connectivity index (χ4v) is 4.06. The summed E-state index contributed by atoms with van der Waals surface area (Å²) in [6.45, 7) is 8.33. The van der Waals surface area contributed by atoms with Gasteiger partial charge in [-0.1, -0.05) is 39.5 Å². The summed E-state index contributed by atoms with van der Waals surface area (Å²) < 4.78 is 11.7. The molecule has 1 N–H and O–H groups in total. The summed E-state index contributed by atoms with van der Waals surface area (Å²) in [5, 5.41) is 3.76. The van der Waals surface area contributed by atoms with Gasteiger partial charge in [0.15, 0.2) is 0 Å². The first-order valence-electron chi connectivity index (χ1n) is 9.25. The van der Waals surface area contributed by atoms with E-state index in [0.29, 0.717) is 6.04 Å². The van der Waals surface area contributed by atoms with E-state index in [2.05, 4.69) is 19.2 Å². The lowest BCUT2D eigenvalue weighted by molar-refractivity contribution is -0.150. The molecule has 2 saturated heterocycles. The topological polar surface area (TPSA) is 30.5 Å². The quantitative estimate of drug-likeness (QED) is 0.689. The summed E-state index contributed by atoms with van der Waals surface area (Å²) >= 11 is 0. The van der Waals surface area contributed by atoms with Crippen molar-refractivity contribution in [1.82, 2.24) is 5.32 Å². The second-order valence-corrected chi connectivity index (χ2v) is 6.91. The molecule has 0 aromatic rings. The van der Waals surface area contributed by atoms with Gasteiger partial charge in [-0.3, -0.25) is 0 Å². The maximum atomic E-state index is 6.20. The predicted octanol–water partition coefficient (Wildman–Crippen LogP) is 3.91. The molecule has 124 valence electrons. The number of hydrogen-bond donors (Lipinski definition) is 1. The smallest absolute Gasteiger partial charge is 0.0729 e. The van der Waals surface area contributed by atoms with Gasteiger partial charge >= 0.3 is 0 Å². The molecule has 2 heterocycles. The Labute approximate surface area is 131 Å². The van der Waals surface area contributed by atoms with Crippen LogP contribution in [0.15, 0.2) is 0 Å². The van der Waals surface area contributed by atoms with Crippen LogP contribution < -0.4 is 5.32 Å². The molecule has 2 atom stereocenters. The molecule has 1 spiro atoms. The minimum Gasteiger partial charge on any atom is -0.381 e. The van der Waals surface area contributed by atoms with Crippen molar-refractivity contribution in [3.8, 4) is 0 Å². The van der Waals surface area contributed by atoms with Gasteiger partial charge in [0.1, 0.15) is 0 Å². The Morgan fingerprint density at radius 1 is 1.10 bits per heavy atom. The molecule has 0 radical (unpaired) electrons. The second kappa shape index (κ2) is 9.12. The van der Waals surface area contributed by atoms with Gasteiger partial charge in [0, 0.05) is 25.9 Å². The SMILES string of the molecule is CCCCCCC(NCC)C1CCOC2(CCOCC2)C1. The van der Waals surface area contributed by atoms with Crippen molar-refractivity contribution in [2.75, 3.05) is 26.4 Å². The lowest BCUT2D eigenvalue weighted by Gasteiger charge is -2.45. The van der Waals surface area contributed by atoms with Crippen LogP contribution in [0, 0.1) is 5.92 Å². The van der Waals surface area contributed by atoms with E-state index in [0.717, 1.165) is 45.1 Å². The van der Waals surface area contributed by atoms with E-state index in [4.69, 9.17) is 9.47 Å². The molecule has 0 saturated carbocycles. The van der Waals surface area contributed by atoms with Gasteiger partial charge in [0.25, 0.3) is 0 Å². The van der Waals surface area contributed by atoms with Gasteiger partial charge in [0.2, 0.25) is 0 Å². The lowest BCUT2D eigenvalue weighted by atomic mass is 9.76. The van der Waals surface area contributed by atoms with E-state index in [1.165, 1.54) is 44.9 Å². The summed E-state index contributed by atoms with van der Waals surface area (Å²) in [6, 6.07) is 0.690. The molecule has 2 rings (SSSR count). The van der Waals surface area contributed by atoms with Crippen molar-refractivity contribution in [3.63, 3.8) is 0 Å². The van der Waals surface area contributed by atoms with Crippen LogP contribution in [0.3, 0.4) is 0 Å². The number of ether oxygens (including phenoxy) is 2. The Bertz CT molecular complexity index is 271. The minimum atomic E-state index is 0.137. The van der Waals surface area contributed by atoms with Crippen molar-refractivity contribution >= 4 is 0 Å². The molecular weight excluding hydrogens is 262 g/mol. The molecule has 3 nitrogen and oxygen atoms in total. The fraction of sp³-hybridized carbons (Fsp3) is 1.00. The molecule has 2 aliphatic rings. The third kappa shape index (κ3) is 5.22. The van der Waals surface area contributed by atoms with Crippen LogP contribution in [0.2, 0.25) is 0 Å². The van der Waals surface area contributed by atoms with Crippen LogP contribution in [0.1, 0.15) is 71.6 Å². The molecule has 0 aromatic carbocycles. The summed E-state index contributed by atoms with van der Waals surface area (Å²) in [5.41, 5.74) is 0.137. The summed E-state index contributed by atoms with van der Waals surface area (Å²) in [7, 11) is 0. The number of nitrogens with one attached hydrogen (secondary N) is 1. The number of rotatable bonds is 8. The maximum Gasteiger partial charge on any atom is 0.0729 e. The van der Waals surface area contributed by atoms with Crippen molar-refractivity contribution in [3.05, 3.63) is 0 Å². The molecule has 2 fully saturated rings. The monoisotopic (exact) mass is 297 g/mol. The highest BCUT2D eigenvalue weighted by Gasteiger charge is 2.40. The minimum absolute atomic E-state index is 0.137. The van der Waals surface area contributed by atoms with Crippen LogP contribution in [0.25, 0.3) is 0 Å². The Hall–Kier alpha value is -0.120. The van der Waals surface area contributed by atoms with Crippen LogP contribution >= 0.6 is 0 Å². The molecule has 0 aliphatic carbocycles. The van der Waals surface area contributed by atoms with E-state index >= 15 is 0 Å². The highest BCUT2D eigenvalue weighted by Crippen LogP contribution is 2.39. The molecule has 0 amide bonds. The van der Waals surface area contributed by atoms with E-state index in [9.17, 15) is 0 Å². The van der Waals surface area contributed by atoms with Gasteiger partial charge in [-0.15, -0.1) is 0 Å². The first kappa shape index (κ1) is 17.2. The largest absolute Gasteiger partial charge is 0.381 e. The first-order chi connectivity index (χ1) is 10.3. The Kier molecular flexibility index (Phi) is 7.48. The van der Waals surface area contributed by atoms with Gasteiger partial charge in [0.05, 0.1) is 5.60 Å². The third-order valence-electron chi connectivity index (χ3n) is 5.34. The van der Waals surface area contributed by atoms with Gasteiger partial charge in [-0.2, -0.15) is 0 Å².